The zero-order valence-corrected chi connectivity index (χ0v) is 14.8. The molecule has 7 heteroatoms. The van der Waals surface area contributed by atoms with Gasteiger partial charge in [-0.25, -0.2) is 4.79 Å². The second-order valence-electron chi connectivity index (χ2n) is 6.24. The molecule has 2 atom stereocenters. The van der Waals surface area contributed by atoms with Gasteiger partial charge in [0.1, 0.15) is 17.8 Å². The first-order valence-corrected chi connectivity index (χ1v) is 7.81. The van der Waals surface area contributed by atoms with E-state index in [0.717, 1.165) is 0 Å². The van der Waals surface area contributed by atoms with Crippen molar-refractivity contribution in [1.82, 2.24) is 5.32 Å². The maximum atomic E-state index is 11.6. The summed E-state index contributed by atoms with van der Waals surface area (Å²) in [5.41, 5.74) is -0.173. The molecule has 0 saturated heterocycles. The van der Waals surface area contributed by atoms with Gasteiger partial charge in [-0.1, -0.05) is 6.07 Å². The summed E-state index contributed by atoms with van der Waals surface area (Å²) in [4.78, 5) is 11.6. The minimum atomic E-state index is -1.19. The summed E-state index contributed by atoms with van der Waals surface area (Å²) in [6.07, 6.45) is -3.04. The minimum absolute atomic E-state index is 0.147. The van der Waals surface area contributed by atoms with E-state index in [1.54, 1.807) is 39.0 Å². The molecule has 0 fully saturated rings. The molecule has 0 aliphatic rings. The van der Waals surface area contributed by atoms with Crippen LogP contribution in [0.1, 0.15) is 39.4 Å². The topological polar surface area (TPSA) is 97.2 Å². The van der Waals surface area contributed by atoms with Gasteiger partial charge in [-0.05, 0) is 45.4 Å². The van der Waals surface area contributed by atoms with Crippen LogP contribution in [0, 0.1) is 0 Å². The summed E-state index contributed by atoms with van der Waals surface area (Å²) in [6.45, 7) is 7.35. The highest BCUT2D eigenvalue weighted by atomic mass is 16.6. The number of rotatable bonds is 7. The second-order valence-corrected chi connectivity index (χ2v) is 6.24. The molecular weight excluding hydrogens is 314 g/mol. The summed E-state index contributed by atoms with van der Waals surface area (Å²) < 4.78 is 15.7. The highest BCUT2D eigenvalue weighted by Crippen LogP contribution is 2.31. The number of methoxy groups -OCH3 is 1. The number of carbonyl (C=O) groups excluding carboxylic acids is 1. The van der Waals surface area contributed by atoms with Crippen LogP contribution in [0.2, 0.25) is 0 Å². The number of amides is 1. The summed E-state index contributed by atoms with van der Waals surface area (Å²) in [6, 6.07) is 4.88. The number of aliphatic hydroxyl groups excluding tert-OH is 2. The van der Waals surface area contributed by atoms with Crippen molar-refractivity contribution >= 4 is 6.09 Å². The molecule has 136 valence electrons. The first kappa shape index (κ1) is 20.1. The molecule has 1 aromatic rings. The normalized spacial score (nSPS) is 13.8. The molecule has 0 bridgehead atoms. The molecular formula is C17H27NO6. The number of nitrogens with one attached hydrogen (secondary N) is 1. The Kier molecular flexibility index (Phi) is 7.31. The van der Waals surface area contributed by atoms with Crippen LogP contribution in [0.15, 0.2) is 18.2 Å². The van der Waals surface area contributed by atoms with E-state index in [9.17, 15) is 15.0 Å². The average molecular weight is 341 g/mol. The number of hydrogen-bond acceptors (Lipinski definition) is 6. The predicted octanol–water partition coefficient (Wildman–Crippen LogP) is 2.01. The Balaban J connectivity index is 2.70. The van der Waals surface area contributed by atoms with Crippen molar-refractivity contribution in [2.24, 2.45) is 0 Å². The first-order valence-electron chi connectivity index (χ1n) is 7.81. The van der Waals surface area contributed by atoms with Gasteiger partial charge in [-0.3, -0.25) is 0 Å². The van der Waals surface area contributed by atoms with Gasteiger partial charge in [0.2, 0.25) is 0 Å². The Hall–Kier alpha value is -1.99. The lowest BCUT2D eigenvalue weighted by Gasteiger charge is -2.22. The van der Waals surface area contributed by atoms with Crippen molar-refractivity contribution in [3.63, 3.8) is 0 Å². The first-order chi connectivity index (χ1) is 11.2. The fourth-order valence-electron chi connectivity index (χ4n) is 1.98. The van der Waals surface area contributed by atoms with E-state index >= 15 is 0 Å². The van der Waals surface area contributed by atoms with Crippen LogP contribution in [0.25, 0.3) is 0 Å². The van der Waals surface area contributed by atoms with Crippen molar-refractivity contribution < 1.29 is 29.2 Å². The number of hydrogen-bond donors (Lipinski definition) is 3. The molecule has 0 spiro atoms. The van der Waals surface area contributed by atoms with E-state index in [1.165, 1.54) is 7.11 Å². The largest absolute Gasteiger partial charge is 0.493 e. The molecule has 0 radical (unpaired) electrons. The number of aliphatic hydroxyl groups is 2. The molecule has 7 nitrogen and oxygen atoms in total. The molecule has 1 aromatic carbocycles. The van der Waals surface area contributed by atoms with Crippen molar-refractivity contribution in [2.75, 3.05) is 20.3 Å². The second kappa shape index (κ2) is 8.75. The van der Waals surface area contributed by atoms with Gasteiger partial charge in [0.15, 0.2) is 11.5 Å². The van der Waals surface area contributed by atoms with Crippen LogP contribution >= 0.6 is 0 Å². The smallest absolute Gasteiger partial charge is 0.407 e. The Morgan fingerprint density at radius 2 is 1.92 bits per heavy atom. The van der Waals surface area contributed by atoms with Crippen molar-refractivity contribution in [3.8, 4) is 11.5 Å². The van der Waals surface area contributed by atoms with E-state index in [-0.39, 0.29) is 6.54 Å². The SMILES string of the molecule is CCOc1cc(C(O)C(O)CNC(=O)OC(C)(C)C)ccc1OC. The van der Waals surface area contributed by atoms with Gasteiger partial charge in [0.25, 0.3) is 0 Å². The average Bonchev–Trinajstić information content (AvgIpc) is 2.50. The van der Waals surface area contributed by atoms with Crippen LogP contribution in [0.4, 0.5) is 4.79 Å². The maximum absolute atomic E-state index is 11.6. The van der Waals surface area contributed by atoms with E-state index in [1.807, 2.05) is 6.92 Å². The van der Waals surface area contributed by atoms with E-state index < -0.39 is 23.9 Å². The summed E-state index contributed by atoms with van der Waals surface area (Å²) in [5.74, 6) is 1.01. The Morgan fingerprint density at radius 1 is 1.25 bits per heavy atom. The molecule has 2 unspecified atom stereocenters. The van der Waals surface area contributed by atoms with Crippen molar-refractivity contribution in [2.45, 2.75) is 45.5 Å². The lowest BCUT2D eigenvalue weighted by molar-refractivity contribution is 0.0128. The Labute approximate surface area is 142 Å². The highest BCUT2D eigenvalue weighted by molar-refractivity contribution is 5.67. The lowest BCUT2D eigenvalue weighted by Crippen LogP contribution is -2.38. The number of carbonyl (C=O) groups is 1. The molecule has 0 aliphatic heterocycles. The lowest BCUT2D eigenvalue weighted by atomic mass is 10.0. The third-order valence-electron chi connectivity index (χ3n) is 3.05. The van der Waals surface area contributed by atoms with Crippen LogP contribution in [-0.2, 0) is 4.74 Å². The zero-order chi connectivity index (χ0) is 18.3. The van der Waals surface area contributed by atoms with Gasteiger partial charge in [0.05, 0.1) is 13.7 Å². The fraction of sp³-hybridized carbons (Fsp3) is 0.588. The third-order valence-corrected chi connectivity index (χ3v) is 3.05. The van der Waals surface area contributed by atoms with Crippen LogP contribution in [0.3, 0.4) is 0 Å². The molecule has 1 amide bonds. The fourth-order valence-corrected chi connectivity index (χ4v) is 1.98. The molecule has 0 aromatic heterocycles. The molecule has 1 rings (SSSR count). The monoisotopic (exact) mass is 341 g/mol. The Morgan fingerprint density at radius 3 is 2.46 bits per heavy atom. The van der Waals surface area contributed by atoms with Gasteiger partial charge in [0, 0.05) is 6.54 Å². The molecule has 0 aliphatic carbocycles. The van der Waals surface area contributed by atoms with Gasteiger partial charge in [-0.15, -0.1) is 0 Å². The molecule has 3 N–H and O–H groups in total. The van der Waals surface area contributed by atoms with Crippen molar-refractivity contribution in [1.29, 1.82) is 0 Å². The summed E-state index contributed by atoms with van der Waals surface area (Å²) in [7, 11) is 1.52. The number of alkyl carbamates (subject to hydrolysis) is 1. The van der Waals surface area contributed by atoms with Crippen molar-refractivity contribution in [3.05, 3.63) is 23.8 Å². The molecule has 24 heavy (non-hydrogen) atoms. The summed E-state index contributed by atoms with van der Waals surface area (Å²) in [5, 5.41) is 22.8. The standard InChI is InChI=1S/C17H27NO6/c1-6-23-14-9-11(7-8-13(14)22-5)15(20)12(19)10-18-16(21)24-17(2,3)4/h7-9,12,15,19-20H,6,10H2,1-5H3,(H,18,21). The summed E-state index contributed by atoms with van der Waals surface area (Å²) >= 11 is 0. The quantitative estimate of drug-likeness (QED) is 0.702. The predicted molar refractivity (Wildman–Crippen MR) is 89.4 cm³/mol. The number of benzene rings is 1. The molecule has 0 saturated carbocycles. The van der Waals surface area contributed by atoms with Gasteiger partial charge < -0.3 is 29.7 Å². The highest BCUT2D eigenvalue weighted by Gasteiger charge is 2.22. The van der Waals surface area contributed by atoms with E-state index in [4.69, 9.17) is 14.2 Å². The van der Waals surface area contributed by atoms with Gasteiger partial charge >= 0.3 is 6.09 Å². The van der Waals surface area contributed by atoms with E-state index in [2.05, 4.69) is 5.32 Å². The van der Waals surface area contributed by atoms with Crippen LogP contribution in [-0.4, -0.2) is 48.3 Å². The minimum Gasteiger partial charge on any atom is -0.493 e. The number of ether oxygens (including phenoxy) is 3. The third kappa shape index (κ3) is 6.25. The molecule has 0 heterocycles. The Bertz CT molecular complexity index is 540. The van der Waals surface area contributed by atoms with Gasteiger partial charge in [-0.2, -0.15) is 0 Å². The van der Waals surface area contributed by atoms with Crippen LogP contribution < -0.4 is 14.8 Å². The van der Waals surface area contributed by atoms with E-state index in [0.29, 0.717) is 23.7 Å². The van der Waals surface area contributed by atoms with Crippen LogP contribution in [0.5, 0.6) is 11.5 Å². The zero-order valence-electron chi connectivity index (χ0n) is 14.8. The maximum Gasteiger partial charge on any atom is 0.407 e.